The molecular weight excluding hydrogens is 268 g/mol. The fraction of sp³-hybridized carbons (Fsp3) is 0.0909. The van der Waals surface area contributed by atoms with Gasteiger partial charge in [-0.3, -0.25) is 0 Å². The van der Waals surface area contributed by atoms with E-state index in [4.69, 9.17) is 0 Å². The summed E-state index contributed by atoms with van der Waals surface area (Å²) in [6.45, 7) is 0. The molecule has 0 saturated carbocycles. The molecule has 0 bridgehead atoms. The highest BCUT2D eigenvalue weighted by Crippen LogP contribution is 2.28. The Balaban J connectivity index is 2.51. The van der Waals surface area contributed by atoms with Crippen molar-refractivity contribution in [1.29, 1.82) is 0 Å². The predicted molar refractivity (Wildman–Crippen MR) is 68.6 cm³/mol. The molecule has 2 aromatic heterocycles. The van der Waals surface area contributed by atoms with Crippen molar-refractivity contribution in [1.82, 2.24) is 14.5 Å². The van der Waals surface area contributed by atoms with Crippen molar-refractivity contribution >= 4 is 43.8 Å². The van der Waals surface area contributed by atoms with Crippen LogP contribution in [0.15, 0.2) is 30.7 Å². The number of hydrogen-bond donors (Lipinski definition) is 1. The number of nitrogens with zero attached hydrogens (tertiary/aromatic N) is 3. The summed E-state index contributed by atoms with van der Waals surface area (Å²) in [6, 6.07) is 6.15. The van der Waals surface area contributed by atoms with Gasteiger partial charge < -0.3 is 8.91 Å². The van der Waals surface area contributed by atoms with Gasteiger partial charge in [-0.05, 0) is 18.2 Å². The number of aryl methyl sites for hydroxylation is 1. The Kier molecular flexibility index (Phi) is 2.07. The number of halogens is 1. The molecule has 3 rings (SSSR count). The molecule has 0 aliphatic rings. The second kappa shape index (κ2) is 3.45. The summed E-state index contributed by atoms with van der Waals surface area (Å²) < 4.78 is 5.05. The molecule has 1 aromatic carbocycles. The number of rotatable bonds is 1. The van der Waals surface area contributed by atoms with Crippen LogP contribution in [-0.2, 0) is 7.05 Å². The molecule has 0 unspecified atom stereocenters. The summed E-state index contributed by atoms with van der Waals surface area (Å²) >= 11 is 3.22. The van der Waals surface area contributed by atoms with Crippen LogP contribution in [-0.4, -0.2) is 14.5 Å². The van der Waals surface area contributed by atoms with E-state index in [2.05, 4.69) is 47.2 Å². The number of nitrogens with one attached hydrogen (secondary N) is 1. The number of benzene rings is 1. The molecule has 0 saturated heterocycles. The molecule has 0 aliphatic carbocycles. The highest BCUT2D eigenvalue weighted by molar-refractivity contribution is 9.10. The summed E-state index contributed by atoms with van der Waals surface area (Å²) in [5, 5.41) is 1.14. The van der Waals surface area contributed by atoms with E-state index >= 15 is 0 Å². The predicted octanol–water partition coefficient (Wildman–Crippen LogP) is 2.84. The Morgan fingerprint density at radius 3 is 3.00 bits per heavy atom. The fourth-order valence-corrected chi connectivity index (χ4v) is 2.22. The molecule has 4 nitrogen and oxygen atoms in total. The first kappa shape index (κ1) is 9.59. The van der Waals surface area contributed by atoms with Gasteiger partial charge in [0.1, 0.15) is 6.33 Å². The zero-order valence-electron chi connectivity index (χ0n) is 8.61. The van der Waals surface area contributed by atoms with Crippen LogP contribution in [0, 0.1) is 0 Å². The monoisotopic (exact) mass is 276 g/mol. The van der Waals surface area contributed by atoms with Crippen molar-refractivity contribution in [3.63, 3.8) is 0 Å². The third kappa shape index (κ3) is 1.21. The van der Waals surface area contributed by atoms with E-state index in [1.165, 1.54) is 0 Å². The Hall–Kier alpha value is -1.62. The van der Waals surface area contributed by atoms with E-state index in [0.29, 0.717) is 0 Å². The summed E-state index contributed by atoms with van der Waals surface area (Å²) in [5.41, 5.74) is 4.20. The molecule has 0 spiro atoms. The SMILES string of the molecule is Cn1c2cc(NBr)ccc2c2ncncc21. The molecule has 2 heterocycles. The van der Waals surface area contributed by atoms with Gasteiger partial charge in [0.05, 0.1) is 22.7 Å². The minimum absolute atomic E-state index is 0.994. The highest BCUT2D eigenvalue weighted by Gasteiger charge is 2.09. The lowest BCUT2D eigenvalue weighted by Crippen LogP contribution is -1.88. The van der Waals surface area contributed by atoms with E-state index in [9.17, 15) is 0 Å². The quantitative estimate of drug-likeness (QED) is 0.695. The van der Waals surface area contributed by atoms with Gasteiger partial charge in [0.25, 0.3) is 0 Å². The second-order valence-corrected chi connectivity index (χ2v) is 4.04. The van der Waals surface area contributed by atoms with Crippen LogP contribution in [0.5, 0.6) is 0 Å². The van der Waals surface area contributed by atoms with Gasteiger partial charge in [-0.25, -0.2) is 9.97 Å². The molecule has 0 fully saturated rings. The first-order valence-electron chi connectivity index (χ1n) is 4.86. The first-order valence-corrected chi connectivity index (χ1v) is 5.65. The van der Waals surface area contributed by atoms with Crippen LogP contribution >= 0.6 is 16.1 Å². The van der Waals surface area contributed by atoms with Crippen molar-refractivity contribution < 1.29 is 0 Å². The second-order valence-electron chi connectivity index (χ2n) is 3.64. The molecule has 5 heteroatoms. The van der Waals surface area contributed by atoms with Crippen LogP contribution in [0.2, 0.25) is 0 Å². The van der Waals surface area contributed by atoms with Crippen molar-refractivity contribution in [2.45, 2.75) is 0 Å². The first-order chi connectivity index (χ1) is 7.81. The third-order valence-electron chi connectivity index (χ3n) is 2.78. The van der Waals surface area contributed by atoms with Crippen LogP contribution < -0.4 is 4.34 Å². The van der Waals surface area contributed by atoms with E-state index in [-0.39, 0.29) is 0 Å². The Morgan fingerprint density at radius 2 is 2.19 bits per heavy atom. The van der Waals surface area contributed by atoms with E-state index in [1.54, 1.807) is 6.33 Å². The lowest BCUT2D eigenvalue weighted by atomic mass is 10.2. The van der Waals surface area contributed by atoms with Crippen molar-refractivity contribution in [2.75, 3.05) is 4.34 Å². The lowest BCUT2D eigenvalue weighted by Gasteiger charge is -2.00. The van der Waals surface area contributed by atoms with Crippen LogP contribution in [0.4, 0.5) is 5.69 Å². The number of anilines is 1. The van der Waals surface area contributed by atoms with Gasteiger partial charge in [0.2, 0.25) is 0 Å². The third-order valence-corrected chi connectivity index (χ3v) is 3.24. The van der Waals surface area contributed by atoms with E-state index < -0.39 is 0 Å². The number of hydrogen-bond acceptors (Lipinski definition) is 3. The maximum atomic E-state index is 4.32. The average molecular weight is 277 g/mol. The molecule has 16 heavy (non-hydrogen) atoms. The van der Waals surface area contributed by atoms with Crippen LogP contribution in [0.1, 0.15) is 0 Å². The molecule has 0 atom stereocenters. The minimum Gasteiger partial charge on any atom is -0.341 e. The standard InChI is InChI=1S/C11H9BrN4/c1-16-9-4-7(15-12)2-3-8(9)11-10(16)5-13-6-14-11/h2-6,15H,1H3. The Morgan fingerprint density at radius 1 is 1.31 bits per heavy atom. The largest absolute Gasteiger partial charge is 0.341 e. The maximum absolute atomic E-state index is 4.32. The van der Waals surface area contributed by atoms with Gasteiger partial charge in [0.15, 0.2) is 0 Å². The van der Waals surface area contributed by atoms with Crippen LogP contribution in [0.25, 0.3) is 21.9 Å². The zero-order chi connectivity index (χ0) is 11.1. The average Bonchev–Trinajstić information content (AvgIpc) is 2.64. The van der Waals surface area contributed by atoms with E-state index in [1.807, 2.05) is 19.3 Å². The highest BCUT2D eigenvalue weighted by atomic mass is 79.9. The number of aromatic nitrogens is 3. The van der Waals surface area contributed by atoms with Gasteiger partial charge in [-0.1, -0.05) is 0 Å². The molecule has 0 amide bonds. The smallest absolute Gasteiger partial charge is 0.116 e. The molecule has 1 N–H and O–H groups in total. The van der Waals surface area contributed by atoms with Crippen molar-refractivity contribution in [3.05, 3.63) is 30.7 Å². The molecule has 80 valence electrons. The van der Waals surface area contributed by atoms with Crippen molar-refractivity contribution in [3.8, 4) is 0 Å². The molecule has 3 aromatic rings. The van der Waals surface area contributed by atoms with Crippen LogP contribution in [0.3, 0.4) is 0 Å². The van der Waals surface area contributed by atoms with Gasteiger partial charge in [-0.15, -0.1) is 0 Å². The summed E-state index contributed by atoms with van der Waals surface area (Å²) in [6.07, 6.45) is 3.42. The summed E-state index contributed by atoms with van der Waals surface area (Å²) in [5.74, 6) is 0. The topological polar surface area (TPSA) is 42.7 Å². The molecule has 0 aliphatic heterocycles. The normalized spacial score (nSPS) is 11.1. The summed E-state index contributed by atoms with van der Waals surface area (Å²) in [4.78, 5) is 8.38. The summed E-state index contributed by atoms with van der Waals surface area (Å²) in [7, 11) is 2.02. The molecule has 0 radical (unpaired) electrons. The number of fused-ring (bicyclic) bond motifs is 3. The zero-order valence-corrected chi connectivity index (χ0v) is 10.2. The fourth-order valence-electron chi connectivity index (χ4n) is 1.97. The maximum Gasteiger partial charge on any atom is 0.116 e. The Labute approximate surface area is 101 Å². The van der Waals surface area contributed by atoms with Gasteiger partial charge >= 0.3 is 0 Å². The Bertz CT molecular complexity index is 674. The van der Waals surface area contributed by atoms with Gasteiger partial charge in [-0.2, -0.15) is 0 Å². The van der Waals surface area contributed by atoms with E-state index in [0.717, 1.165) is 27.6 Å². The van der Waals surface area contributed by atoms with Crippen molar-refractivity contribution in [2.24, 2.45) is 7.05 Å². The molecular formula is C11H9BrN4. The lowest BCUT2D eigenvalue weighted by molar-refractivity contribution is 1.00. The van der Waals surface area contributed by atoms with Gasteiger partial charge in [0, 0.05) is 34.3 Å². The minimum atomic E-state index is 0.994.